The van der Waals surface area contributed by atoms with Crippen molar-refractivity contribution in [2.24, 2.45) is 5.92 Å². The lowest BCUT2D eigenvalue weighted by atomic mass is 9.96. The predicted molar refractivity (Wildman–Crippen MR) is 111 cm³/mol. The molecular formula is C22H25FN2O4S. The average molecular weight is 433 g/mol. The van der Waals surface area contributed by atoms with Crippen molar-refractivity contribution < 1.29 is 22.4 Å². The molecule has 8 heteroatoms. The number of benzene rings is 2. The molecule has 1 aliphatic heterocycles. The Morgan fingerprint density at radius 3 is 2.13 bits per heavy atom. The summed E-state index contributed by atoms with van der Waals surface area (Å²) < 4.78 is 40.1. The van der Waals surface area contributed by atoms with Crippen molar-refractivity contribution in [1.29, 1.82) is 0 Å². The molecule has 1 heterocycles. The molecule has 0 atom stereocenters. The Bertz CT molecular complexity index is 1010. The number of hydrogen-bond donors (Lipinski definition) is 0. The number of Topliss-reactive ketones (excluding diaryl/α,β-unsaturated/α-hetero) is 1. The predicted octanol–water partition coefficient (Wildman–Crippen LogP) is 3.09. The highest BCUT2D eigenvalue weighted by atomic mass is 32.2. The lowest BCUT2D eigenvalue weighted by Gasteiger charge is -2.32. The lowest BCUT2D eigenvalue weighted by Crippen LogP contribution is -2.43. The van der Waals surface area contributed by atoms with Gasteiger partial charge in [0.15, 0.2) is 5.78 Å². The molecule has 0 aliphatic carbocycles. The Morgan fingerprint density at radius 2 is 1.60 bits per heavy atom. The second-order valence-corrected chi connectivity index (χ2v) is 9.52. The lowest BCUT2D eigenvalue weighted by molar-refractivity contribution is -0.135. The van der Waals surface area contributed by atoms with Crippen LogP contribution in [0.15, 0.2) is 53.4 Å². The number of carbonyl (C=O) groups excluding carboxylic acids is 2. The van der Waals surface area contributed by atoms with Gasteiger partial charge in [0.05, 0.1) is 4.90 Å². The minimum atomic E-state index is -3.66. The molecule has 0 spiro atoms. The third kappa shape index (κ3) is 4.94. The van der Waals surface area contributed by atoms with Gasteiger partial charge in [0.1, 0.15) is 5.82 Å². The molecule has 2 aromatic carbocycles. The van der Waals surface area contributed by atoms with E-state index in [-0.39, 0.29) is 41.4 Å². The molecule has 0 aromatic heterocycles. The number of nitrogens with zero attached hydrogens (tertiary/aromatic N) is 2. The third-order valence-electron chi connectivity index (χ3n) is 5.41. The number of ketones is 1. The minimum absolute atomic E-state index is 0.0396. The van der Waals surface area contributed by atoms with Gasteiger partial charge in [-0.05, 0) is 49.6 Å². The topological polar surface area (TPSA) is 74.8 Å². The second-order valence-electron chi connectivity index (χ2n) is 7.58. The molecule has 1 saturated heterocycles. The van der Waals surface area contributed by atoms with Crippen LogP contribution in [-0.2, 0) is 21.4 Å². The van der Waals surface area contributed by atoms with Gasteiger partial charge < -0.3 is 4.90 Å². The summed E-state index contributed by atoms with van der Waals surface area (Å²) in [5.41, 5.74) is 1.30. The summed E-state index contributed by atoms with van der Waals surface area (Å²) in [5.74, 6) is -0.732. The van der Waals surface area contributed by atoms with Crippen LogP contribution in [0, 0.1) is 11.7 Å². The van der Waals surface area contributed by atoms with Crippen LogP contribution in [0.5, 0.6) is 0 Å². The summed E-state index contributed by atoms with van der Waals surface area (Å²) >= 11 is 0. The molecule has 1 amide bonds. The van der Waals surface area contributed by atoms with E-state index < -0.39 is 10.0 Å². The number of halogens is 1. The van der Waals surface area contributed by atoms with E-state index in [4.69, 9.17) is 0 Å². The molecule has 30 heavy (non-hydrogen) atoms. The van der Waals surface area contributed by atoms with Crippen molar-refractivity contribution >= 4 is 21.7 Å². The van der Waals surface area contributed by atoms with Crippen molar-refractivity contribution in [1.82, 2.24) is 9.21 Å². The van der Waals surface area contributed by atoms with Crippen molar-refractivity contribution in [3.05, 3.63) is 65.5 Å². The average Bonchev–Trinajstić information content (AvgIpc) is 2.75. The summed E-state index contributed by atoms with van der Waals surface area (Å²) in [5, 5.41) is 0. The Labute approximate surface area is 176 Å². The first-order chi connectivity index (χ1) is 14.2. The molecule has 0 saturated carbocycles. The molecule has 0 N–H and O–H groups in total. The zero-order chi connectivity index (χ0) is 21.9. The smallest absolute Gasteiger partial charge is 0.243 e. The van der Waals surface area contributed by atoms with Crippen LogP contribution in [-0.4, -0.2) is 49.5 Å². The van der Waals surface area contributed by atoms with Gasteiger partial charge in [-0.15, -0.1) is 0 Å². The normalized spacial score (nSPS) is 15.7. The van der Waals surface area contributed by atoms with E-state index in [9.17, 15) is 22.4 Å². The van der Waals surface area contributed by atoms with Crippen molar-refractivity contribution in [3.8, 4) is 0 Å². The summed E-state index contributed by atoms with van der Waals surface area (Å²) in [6.45, 7) is 2.33. The quantitative estimate of drug-likeness (QED) is 0.658. The maximum Gasteiger partial charge on any atom is 0.243 e. The fraction of sp³-hybridized carbons (Fsp3) is 0.364. The monoisotopic (exact) mass is 432 g/mol. The molecule has 3 rings (SSSR count). The van der Waals surface area contributed by atoms with E-state index >= 15 is 0 Å². The Morgan fingerprint density at radius 1 is 1.03 bits per heavy atom. The standard InChI is InChI=1S/C22H25FN2O4S/c1-16(26)18-5-9-21(10-6-18)30(28,29)25-13-11-19(12-14-25)22(27)24(2)15-17-3-7-20(23)8-4-17/h3-10,19H,11-15H2,1-2H3. The van der Waals surface area contributed by atoms with Gasteiger partial charge >= 0.3 is 0 Å². The van der Waals surface area contributed by atoms with Gasteiger partial charge in [-0.1, -0.05) is 24.3 Å². The van der Waals surface area contributed by atoms with Gasteiger partial charge in [0, 0.05) is 38.2 Å². The van der Waals surface area contributed by atoms with Gasteiger partial charge in [0.25, 0.3) is 0 Å². The first kappa shape index (κ1) is 22.1. The van der Waals surface area contributed by atoms with E-state index in [0.717, 1.165) is 5.56 Å². The first-order valence-electron chi connectivity index (χ1n) is 9.79. The Kier molecular flexibility index (Phi) is 6.67. The number of rotatable bonds is 6. The maximum atomic E-state index is 13.0. The molecule has 0 unspecified atom stereocenters. The Hall–Kier alpha value is -2.58. The maximum absolute atomic E-state index is 13.0. The number of hydrogen-bond acceptors (Lipinski definition) is 4. The highest BCUT2D eigenvalue weighted by Crippen LogP contribution is 2.25. The minimum Gasteiger partial charge on any atom is -0.341 e. The molecule has 1 fully saturated rings. The van der Waals surface area contributed by atoms with Crippen LogP contribution >= 0.6 is 0 Å². The van der Waals surface area contributed by atoms with Crippen molar-refractivity contribution in [2.45, 2.75) is 31.2 Å². The Balaban J connectivity index is 1.59. The van der Waals surface area contributed by atoms with Crippen LogP contribution in [0.1, 0.15) is 35.7 Å². The first-order valence-corrected chi connectivity index (χ1v) is 11.2. The largest absolute Gasteiger partial charge is 0.341 e. The second kappa shape index (κ2) is 9.06. The molecule has 0 radical (unpaired) electrons. The molecule has 2 aromatic rings. The zero-order valence-corrected chi connectivity index (χ0v) is 17.9. The number of amides is 1. The highest BCUT2D eigenvalue weighted by molar-refractivity contribution is 7.89. The highest BCUT2D eigenvalue weighted by Gasteiger charge is 2.33. The molecule has 6 nitrogen and oxygen atoms in total. The number of piperidine rings is 1. The molecule has 160 valence electrons. The van der Waals surface area contributed by atoms with Crippen LogP contribution < -0.4 is 0 Å². The number of sulfonamides is 1. The number of carbonyl (C=O) groups is 2. The summed E-state index contributed by atoms with van der Waals surface area (Å²) in [6.07, 6.45) is 0.884. The van der Waals surface area contributed by atoms with Gasteiger partial charge in [0.2, 0.25) is 15.9 Å². The fourth-order valence-corrected chi connectivity index (χ4v) is 5.08. The van der Waals surface area contributed by atoms with Crippen LogP contribution in [0.2, 0.25) is 0 Å². The van der Waals surface area contributed by atoms with Crippen molar-refractivity contribution in [2.75, 3.05) is 20.1 Å². The van der Waals surface area contributed by atoms with Crippen LogP contribution in [0.4, 0.5) is 4.39 Å². The van der Waals surface area contributed by atoms with Gasteiger partial charge in [-0.25, -0.2) is 12.8 Å². The van der Waals surface area contributed by atoms with Gasteiger partial charge in [-0.3, -0.25) is 9.59 Å². The molecule has 1 aliphatic rings. The van der Waals surface area contributed by atoms with E-state index in [2.05, 4.69) is 0 Å². The van der Waals surface area contributed by atoms with E-state index in [1.807, 2.05) is 0 Å². The summed E-state index contributed by atoms with van der Waals surface area (Å²) in [7, 11) is -1.97. The summed E-state index contributed by atoms with van der Waals surface area (Å²) in [4.78, 5) is 25.9. The molecular weight excluding hydrogens is 407 g/mol. The summed E-state index contributed by atoms with van der Waals surface area (Å²) in [6, 6.07) is 11.9. The van der Waals surface area contributed by atoms with E-state index in [1.165, 1.54) is 47.6 Å². The molecule has 0 bridgehead atoms. The van der Waals surface area contributed by atoms with Crippen molar-refractivity contribution in [3.63, 3.8) is 0 Å². The van der Waals surface area contributed by atoms with Crippen LogP contribution in [0.25, 0.3) is 0 Å². The third-order valence-corrected chi connectivity index (χ3v) is 7.32. The van der Waals surface area contributed by atoms with E-state index in [1.54, 1.807) is 24.1 Å². The van der Waals surface area contributed by atoms with E-state index in [0.29, 0.717) is 24.9 Å². The zero-order valence-electron chi connectivity index (χ0n) is 17.0. The van der Waals surface area contributed by atoms with Gasteiger partial charge in [-0.2, -0.15) is 4.31 Å². The SMILES string of the molecule is CC(=O)c1ccc(S(=O)(=O)N2CCC(C(=O)N(C)Cc3ccc(F)cc3)CC2)cc1. The fourth-order valence-electron chi connectivity index (χ4n) is 3.61. The van der Waals surface area contributed by atoms with Crippen LogP contribution in [0.3, 0.4) is 0 Å².